The molecule has 0 N–H and O–H groups in total. The quantitative estimate of drug-likeness (QED) is 0.397. The molecule has 0 saturated heterocycles. The zero-order valence-electron chi connectivity index (χ0n) is 17.5. The van der Waals surface area contributed by atoms with Gasteiger partial charge >= 0.3 is 5.97 Å². The van der Waals surface area contributed by atoms with Crippen LogP contribution in [0.5, 0.6) is 0 Å². The van der Waals surface area contributed by atoms with Crippen molar-refractivity contribution in [1.82, 2.24) is 29.6 Å². The Morgan fingerprint density at radius 2 is 1.75 bits per heavy atom. The summed E-state index contributed by atoms with van der Waals surface area (Å²) in [5.74, 6) is -0.737. The molecular weight excluding hydrogens is 411 g/mol. The van der Waals surface area contributed by atoms with Crippen molar-refractivity contribution in [3.05, 3.63) is 71.8 Å². The molecule has 3 heterocycles. The van der Waals surface area contributed by atoms with Crippen LogP contribution in [-0.2, 0) is 22.4 Å². The highest BCUT2D eigenvalue weighted by Gasteiger charge is 2.24. The minimum Gasteiger partial charge on any atom is -0.469 e. The number of nitrogens with zero attached hydrogens (tertiary/aromatic N) is 6. The Hall–Kier alpha value is -4.14. The van der Waals surface area contributed by atoms with E-state index in [-0.39, 0.29) is 12.2 Å². The molecule has 0 atom stereocenters. The van der Waals surface area contributed by atoms with Gasteiger partial charge in [0, 0.05) is 0 Å². The molecule has 2 aromatic carbocycles. The van der Waals surface area contributed by atoms with Crippen LogP contribution in [0, 0.1) is 5.82 Å². The van der Waals surface area contributed by atoms with E-state index in [1.54, 1.807) is 21.3 Å². The van der Waals surface area contributed by atoms with Gasteiger partial charge in [-0.05, 0) is 36.2 Å². The zero-order chi connectivity index (χ0) is 22.2. The first kappa shape index (κ1) is 19.8. The zero-order valence-corrected chi connectivity index (χ0v) is 17.5. The summed E-state index contributed by atoms with van der Waals surface area (Å²) in [6.07, 6.45) is 0.603. The molecule has 0 saturated carbocycles. The monoisotopic (exact) mass is 430 g/mol. The average molecular weight is 430 g/mol. The van der Waals surface area contributed by atoms with E-state index in [2.05, 4.69) is 15.3 Å². The maximum atomic E-state index is 13.5. The van der Waals surface area contributed by atoms with Crippen molar-refractivity contribution in [2.24, 2.45) is 0 Å². The number of carbonyl (C=O) groups excluding carboxylic acids is 1. The van der Waals surface area contributed by atoms with Crippen molar-refractivity contribution < 1.29 is 13.9 Å². The van der Waals surface area contributed by atoms with Crippen LogP contribution in [0.2, 0.25) is 0 Å². The maximum Gasteiger partial charge on any atom is 0.311 e. The molecule has 3 aromatic heterocycles. The molecule has 160 valence electrons. The molecule has 8 nitrogen and oxygen atoms in total. The Kier molecular flexibility index (Phi) is 4.85. The topological polar surface area (TPSA) is 87.2 Å². The number of rotatable bonds is 5. The first-order valence-electron chi connectivity index (χ1n) is 10.1. The Labute approximate surface area is 182 Å². The SMILES string of the molecule is CCc1nn2c(nnc3c(CC(=O)OC)nn(-c4ccccc4)c32)c1-c1ccc(F)cc1. The Morgan fingerprint density at radius 3 is 2.44 bits per heavy atom. The van der Waals surface area contributed by atoms with Gasteiger partial charge < -0.3 is 4.74 Å². The van der Waals surface area contributed by atoms with Gasteiger partial charge in [-0.15, -0.1) is 10.2 Å². The number of aromatic nitrogens is 6. The summed E-state index contributed by atoms with van der Waals surface area (Å²) < 4.78 is 21.7. The number of ether oxygens (including phenoxy) is 1. The number of methoxy groups -OCH3 is 1. The Morgan fingerprint density at radius 1 is 1.00 bits per heavy atom. The van der Waals surface area contributed by atoms with E-state index >= 15 is 0 Å². The third-order valence-electron chi connectivity index (χ3n) is 5.29. The number of benzene rings is 2. The number of aryl methyl sites for hydroxylation is 1. The molecule has 0 spiro atoms. The summed E-state index contributed by atoms with van der Waals surface area (Å²) in [4.78, 5) is 12.0. The Bertz CT molecular complexity index is 1440. The minimum atomic E-state index is -0.423. The average Bonchev–Trinajstić information content (AvgIpc) is 3.38. The summed E-state index contributed by atoms with van der Waals surface area (Å²) >= 11 is 0. The second-order valence-electron chi connectivity index (χ2n) is 7.24. The van der Waals surface area contributed by atoms with Crippen LogP contribution in [0.1, 0.15) is 18.3 Å². The van der Waals surface area contributed by atoms with E-state index in [4.69, 9.17) is 9.84 Å². The van der Waals surface area contributed by atoms with E-state index in [1.807, 2.05) is 37.3 Å². The van der Waals surface area contributed by atoms with Gasteiger partial charge in [0.05, 0.1) is 30.5 Å². The van der Waals surface area contributed by atoms with Crippen molar-refractivity contribution in [3.63, 3.8) is 0 Å². The number of halogens is 1. The second-order valence-corrected chi connectivity index (χ2v) is 7.24. The number of hydrogen-bond acceptors (Lipinski definition) is 6. The van der Waals surface area contributed by atoms with Crippen LogP contribution >= 0.6 is 0 Å². The van der Waals surface area contributed by atoms with Gasteiger partial charge in [0.2, 0.25) is 0 Å². The van der Waals surface area contributed by atoms with Crippen LogP contribution in [0.25, 0.3) is 33.6 Å². The minimum absolute atomic E-state index is 0.0419. The second kappa shape index (κ2) is 7.84. The molecule has 0 bridgehead atoms. The number of esters is 1. The lowest BCUT2D eigenvalue weighted by Gasteiger charge is -2.04. The van der Waals surface area contributed by atoms with Crippen molar-refractivity contribution in [1.29, 1.82) is 0 Å². The fourth-order valence-corrected chi connectivity index (χ4v) is 3.76. The van der Waals surface area contributed by atoms with Gasteiger partial charge in [0.25, 0.3) is 0 Å². The Balaban J connectivity index is 1.84. The predicted molar refractivity (Wildman–Crippen MR) is 116 cm³/mol. The van der Waals surface area contributed by atoms with Gasteiger partial charge in [0.15, 0.2) is 16.8 Å². The molecule has 0 amide bonds. The molecule has 5 aromatic rings. The molecule has 0 aliphatic rings. The van der Waals surface area contributed by atoms with Crippen molar-refractivity contribution in [3.8, 4) is 16.8 Å². The van der Waals surface area contributed by atoms with Crippen LogP contribution in [0.15, 0.2) is 54.6 Å². The van der Waals surface area contributed by atoms with Crippen LogP contribution in [-0.4, -0.2) is 42.7 Å². The van der Waals surface area contributed by atoms with E-state index < -0.39 is 5.97 Å². The highest BCUT2D eigenvalue weighted by molar-refractivity contribution is 5.87. The van der Waals surface area contributed by atoms with Gasteiger partial charge in [0.1, 0.15) is 11.5 Å². The van der Waals surface area contributed by atoms with E-state index in [9.17, 15) is 9.18 Å². The van der Waals surface area contributed by atoms with Gasteiger partial charge in [-0.2, -0.15) is 14.7 Å². The summed E-state index contributed by atoms with van der Waals surface area (Å²) in [5, 5.41) is 18.3. The summed E-state index contributed by atoms with van der Waals surface area (Å²) in [5.41, 5.74) is 5.20. The van der Waals surface area contributed by atoms with E-state index in [0.717, 1.165) is 22.5 Å². The van der Waals surface area contributed by atoms with E-state index in [0.29, 0.717) is 28.9 Å². The van der Waals surface area contributed by atoms with Gasteiger partial charge in [-0.3, -0.25) is 4.79 Å². The maximum absolute atomic E-state index is 13.5. The molecular formula is C23H19FN6O2. The fourth-order valence-electron chi connectivity index (χ4n) is 3.76. The van der Waals surface area contributed by atoms with Crippen LogP contribution < -0.4 is 0 Å². The summed E-state index contributed by atoms with van der Waals surface area (Å²) in [6, 6.07) is 15.8. The standard InChI is InChI=1S/C23H19FN6O2/c1-3-17-20(14-9-11-15(24)12-10-14)22-26-25-21-18(13-19(31)32-2)28-29(23(21)30(22)27-17)16-7-5-4-6-8-16/h4-12H,3,13H2,1-2H3. The van der Waals surface area contributed by atoms with E-state index in [1.165, 1.54) is 19.2 Å². The number of carbonyl (C=O) groups is 1. The predicted octanol–water partition coefficient (Wildman–Crippen LogP) is 3.55. The van der Waals surface area contributed by atoms with Gasteiger partial charge in [-0.1, -0.05) is 37.3 Å². The lowest BCUT2D eigenvalue weighted by Crippen LogP contribution is -2.06. The smallest absolute Gasteiger partial charge is 0.311 e. The molecule has 5 rings (SSSR count). The fraction of sp³-hybridized carbons (Fsp3) is 0.174. The number of hydrogen-bond donors (Lipinski definition) is 0. The third-order valence-corrected chi connectivity index (χ3v) is 5.29. The molecule has 0 aliphatic heterocycles. The number of fused-ring (bicyclic) bond motifs is 3. The third kappa shape index (κ3) is 3.18. The molecule has 0 unspecified atom stereocenters. The van der Waals surface area contributed by atoms with Crippen molar-refractivity contribution >= 4 is 22.8 Å². The lowest BCUT2D eigenvalue weighted by molar-refractivity contribution is -0.139. The molecule has 0 fully saturated rings. The van der Waals surface area contributed by atoms with Crippen LogP contribution in [0.4, 0.5) is 4.39 Å². The molecule has 32 heavy (non-hydrogen) atoms. The van der Waals surface area contributed by atoms with Gasteiger partial charge in [-0.25, -0.2) is 9.07 Å². The highest BCUT2D eigenvalue weighted by atomic mass is 19.1. The number of para-hydroxylation sites is 1. The summed E-state index contributed by atoms with van der Waals surface area (Å²) in [7, 11) is 1.33. The highest BCUT2D eigenvalue weighted by Crippen LogP contribution is 2.31. The molecule has 9 heteroatoms. The first-order chi connectivity index (χ1) is 15.6. The lowest BCUT2D eigenvalue weighted by atomic mass is 10.0. The molecule has 0 aliphatic carbocycles. The largest absolute Gasteiger partial charge is 0.469 e. The molecule has 0 radical (unpaired) electrons. The summed E-state index contributed by atoms with van der Waals surface area (Å²) in [6.45, 7) is 2.00. The van der Waals surface area contributed by atoms with Crippen molar-refractivity contribution in [2.75, 3.05) is 7.11 Å². The normalized spacial score (nSPS) is 11.3. The van der Waals surface area contributed by atoms with Crippen molar-refractivity contribution in [2.45, 2.75) is 19.8 Å². The first-order valence-corrected chi connectivity index (χ1v) is 10.1. The van der Waals surface area contributed by atoms with Crippen LogP contribution in [0.3, 0.4) is 0 Å².